The van der Waals surface area contributed by atoms with Gasteiger partial charge in [-0.25, -0.2) is 0 Å². The van der Waals surface area contributed by atoms with Crippen LogP contribution in [-0.4, -0.2) is 42.4 Å². The van der Waals surface area contributed by atoms with E-state index < -0.39 is 6.10 Å². The Morgan fingerprint density at radius 2 is 2.00 bits per heavy atom. The molecule has 0 radical (unpaired) electrons. The quantitative estimate of drug-likeness (QED) is 0.904. The standard InChI is InChI=1S/C18H27NO2/c1-14-7-9-19(10-8-14)12-17(20)13-21-18-6-5-15-3-2-4-16(15)11-18/h5-6,11,14,17,20H,2-4,7-10,12-13H2,1H3/t17-/m0/s1. The second-order valence-corrected chi connectivity index (χ2v) is 6.73. The average molecular weight is 289 g/mol. The van der Waals surface area contributed by atoms with Gasteiger partial charge >= 0.3 is 0 Å². The van der Waals surface area contributed by atoms with Gasteiger partial charge in [0, 0.05) is 6.54 Å². The molecule has 1 aliphatic carbocycles. The molecule has 1 saturated heterocycles. The van der Waals surface area contributed by atoms with Gasteiger partial charge in [-0.15, -0.1) is 0 Å². The Bertz CT molecular complexity index is 466. The second kappa shape index (κ2) is 6.80. The van der Waals surface area contributed by atoms with Crippen molar-refractivity contribution in [1.82, 2.24) is 4.90 Å². The number of likely N-dealkylation sites (tertiary alicyclic amines) is 1. The number of aliphatic hydroxyl groups is 1. The maximum Gasteiger partial charge on any atom is 0.119 e. The molecule has 0 bridgehead atoms. The highest BCUT2D eigenvalue weighted by atomic mass is 16.5. The van der Waals surface area contributed by atoms with Crippen LogP contribution in [-0.2, 0) is 12.8 Å². The van der Waals surface area contributed by atoms with Gasteiger partial charge in [-0.05, 0) is 74.4 Å². The smallest absolute Gasteiger partial charge is 0.119 e. The molecule has 1 N–H and O–H groups in total. The van der Waals surface area contributed by atoms with Crippen LogP contribution < -0.4 is 4.74 Å². The third-order valence-corrected chi connectivity index (χ3v) is 4.86. The van der Waals surface area contributed by atoms with Crippen LogP contribution in [0.1, 0.15) is 37.3 Å². The molecule has 0 amide bonds. The number of piperidine rings is 1. The van der Waals surface area contributed by atoms with Crippen molar-refractivity contribution >= 4 is 0 Å². The third-order valence-electron chi connectivity index (χ3n) is 4.86. The lowest BCUT2D eigenvalue weighted by Crippen LogP contribution is -2.40. The van der Waals surface area contributed by atoms with Gasteiger partial charge in [0.25, 0.3) is 0 Å². The number of aliphatic hydroxyl groups excluding tert-OH is 1. The highest BCUT2D eigenvalue weighted by Gasteiger charge is 2.19. The van der Waals surface area contributed by atoms with Gasteiger partial charge in [0.05, 0.1) is 0 Å². The lowest BCUT2D eigenvalue weighted by Gasteiger charge is -2.31. The number of nitrogens with zero attached hydrogens (tertiary/aromatic N) is 1. The molecule has 0 unspecified atom stereocenters. The number of rotatable bonds is 5. The summed E-state index contributed by atoms with van der Waals surface area (Å²) in [6.45, 7) is 5.65. The predicted molar refractivity (Wildman–Crippen MR) is 84.8 cm³/mol. The first-order valence-corrected chi connectivity index (χ1v) is 8.36. The van der Waals surface area contributed by atoms with E-state index in [1.54, 1.807) is 0 Å². The van der Waals surface area contributed by atoms with Crippen molar-refractivity contribution in [2.24, 2.45) is 5.92 Å². The first kappa shape index (κ1) is 14.9. The minimum absolute atomic E-state index is 0.394. The predicted octanol–water partition coefficient (Wildman–Crippen LogP) is 2.65. The van der Waals surface area contributed by atoms with Crippen molar-refractivity contribution < 1.29 is 9.84 Å². The molecule has 1 atom stereocenters. The van der Waals surface area contributed by atoms with Gasteiger partial charge < -0.3 is 14.7 Å². The fourth-order valence-electron chi connectivity index (χ4n) is 3.43. The zero-order valence-corrected chi connectivity index (χ0v) is 13.1. The zero-order valence-electron chi connectivity index (χ0n) is 13.1. The van der Waals surface area contributed by atoms with Gasteiger partial charge in [-0.3, -0.25) is 0 Å². The molecule has 3 heteroatoms. The number of fused-ring (bicyclic) bond motifs is 1. The first-order chi connectivity index (χ1) is 10.2. The number of β-amino-alcohol motifs (C(OH)–C–C–N with tert-alkyl or cyclic N) is 1. The van der Waals surface area contributed by atoms with Crippen molar-refractivity contribution in [3.8, 4) is 5.75 Å². The fourth-order valence-corrected chi connectivity index (χ4v) is 3.43. The van der Waals surface area contributed by atoms with Gasteiger partial charge in [-0.2, -0.15) is 0 Å². The topological polar surface area (TPSA) is 32.7 Å². The molecule has 2 aliphatic rings. The van der Waals surface area contributed by atoms with Crippen LogP contribution >= 0.6 is 0 Å². The molecule has 1 aromatic carbocycles. The molecule has 0 saturated carbocycles. The van der Waals surface area contributed by atoms with Crippen molar-refractivity contribution in [2.75, 3.05) is 26.2 Å². The maximum absolute atomic E-state index is 10.2. The van der Waals surface area contributed by atoms with Crippen LogP contribution in [0, 0.1) is 5.92 Å². The summed E-state index contributed by atoms with van der Waals surface area (Å²) in [7, 11) is 0. The van der Waals surface area contributed by atoms with E-state index in [0.29, 0.717) is 6.61 Å². The normalized spacial score (nSPS) is 21.2. The summed E-state index contributed by atoms with van der Waals surface area (Å²) >= 11 is 0. The highest BCUT2D eigenvalue weighted by Crippen LogP contribution is 2.26. The largest absolute Gasteiger partial charge is 0.491 e. The summed E-state index contributed by atoms with van der Waals surface area (Å²) in [5, 5.41) is 10.2. The fraction of sp³-hybridized carbons (Fsp3) is 0.667. The SMILES string of the molecule is CC1CCN(C[C@H](O)COc2ccc3c(c2)CCC3)CC1. The Balaban J connectivity index is 1.44. The van der Waals surface area contributed by atoms with Crippen LogP contribution in [0.2, 0.25) is 0 Å². The number of benzene rings is 1. The summed E-state index contributed by atoms with van der Waals surface area (Å²) < 4.78 is 5.78. The molecule has 0 aromatic heterocycles. The van der Waals surface area contributed by atoms with Crippen LogP contribution in [0.15, 0.2) is 18.2 Å². The second-order valence-electron chi connectivity index (χ2n) is 6.73. The zero-order chi connectivity index (χ0) is 14.7. The van der Waals surface area contributed by atoms with Crippen molar-refractivity contribution in [3.63, 3.8) is 0 Å². The molecule has 1 fully saturated rings. The maximum atomic E-state index is 10.2. The van der Waals surface area contributed by atoms with Crippen molar-refractivity contribution in [1.29, 1.82) is 0 Å². The molecule has 116 valence electrons. The summed E-state index contributed by atoms with van der Waals surface area (Å²) in [5.74, 6) is 1.74. The van der Waals surface area contributed by atoms with E-state index in [-0.39, 0.29) is 0 Å². The van der Waals surface area contributed by atoms with Crippen molar-refractivity contribution in [2.45, 2.75) is 45.1 Å². The monoisotopic (exact) mass is 289 g/mol. The molecule has 3 rings (SSSR count). The van der Waals surface area contributed by atoms with Crippen molar-refractivity contribution in [3.05, 3.63) is 29.3 Å². The number of aryl methyl sites for hydroxylation is 2. The molecule has 1 heterocycles. The van der Waals surface area contributed by atoms with E-state index in [2.05, 4.69) is 24.0 Å². The van der Waals surface area contributed by atoms with E-state index in [1.165, 1.54) is 43.2 Å². The van der Waals surface area contributed by atoms with E-state index >= 15 is 0 Å². The molecule has 3 nitrogen and oxygen atoms in total. The molecular formula is C18H27NO2. The number of ether oxygens (including phenoxy) is 1. The summed E-state index contributed by atoms with van der Waals surface area (Å²) in [5.41, 5.74) is 2.89. The van der Waals surface area contributed by atoms with E-state index in [4.69, 9.17) is 4.74 Å². The molecule has 0 spiro atoms. The highest BCUT2D eigenvalue weighted by molar-refractivity contribution is 5.38. The minimum atomic E-state index is -0.397. The Kier molecular flexibility index (Phi) is 4.81. The van der Waals surface area contributed by atoms with E-state index in [9.17, 15) is 5.11 Å². The number of hydrogen-bond donors (Lipinski definition) is 1. The Morgan fingerprint density at radius 3 is 2.81 bits per heavy atom. The van der Waals surface area contributed by atoms with E-state index in [0.717, 1.165) is 31.3 Å². The van der Waals surface area contributed by atoms with Crippen LogP contribution in [0.25, 0.3) is 0 Å². The summed E-state index contributed by atoms with van der Waals surface area (Å²) in [4.78, 5) is 2.36. The molecule has 1 aromatic rings. The van der Waals surface area contributed by atoms with Gasteiger partial charge in [0.1, 0.15) is 18.5 Å². The average Bonchev–Trinajstić information content (AvgIpc) is 2.95. The Hall–Kier alpha value is -1.06. The van der Waals surface area contributed by atoms with Crippen LogP contribution in [0.3, 0.4) is 0 Å². The van der Waals surface area contributed by atoms with Gasteiger partial charge in [0.2, 0.25) is 0 Å². The summed E-state index contributed by atoms with van der Waals surface area (Å²) in [6.07, 6.45) is 5.73. The first-order valence-electron chi connectivity index (χ1n) is 8.36. The minimum Gasteiger partial charge on any atom is -0.491 e. The van der Waals surface area contributed by atoms with E-state index in [1.807, 2.05) is 6.07 Å². The lowest BCUT2D eigenvalue weighted by atomic mass is 9.99. The Labute approximate surface area is 127 Å². The molecule has 21 heavy (non-hydrogen) atoms. The third kappa shape index (κ3) is 3.98. The number of hydrogen-bond acceptors (Lipinski definition) is 3. The summed E-state index contributed by atoms with van der Waals surface area (Å²) in [6, 6.07) is 6.37. The molecular weight excluding hydrogens is 262 g/mol. The molecule has 1 aliphatic heterocycles. The Morgan fingerprint density at radius 1 is 1.24 bits per heavy atom. The lowest BCUT2D eigenvalue weighted by molar-refractivity contribution is 0.0563. The van der Waals surface area contributed by atoms with Gasteiger partial charge in [-0.1, -0.05) is 13.0 Å². The van der Waals surface area contributed by atoms with Crippen LogP contribution in [0.4, 0.5) is 0 Å². The van der Waals surface area contributed by atoms with Gasteiger partial charge in [0.15, 0.2) is 0 Å². The van der Waals surface area contributed by atoms with Crippen LogP contribution in [0.5, 0.6) is 5.75 Å².